The van der Waals surface area contributed by atoms with Crippen LogP contribution in [0.2, 0.25) is 0 Å². The summed E-state index contributed by atoms with van der Waals surface area (Å²) in [5.74, 6) is 2.77. The SMILES string of the molecule is C[C@@H](C(=O)Nc1ccc2c(c1)OCCO2)N(C)Cc1ccc2c(c1)OCO2. The number of ether oxygens (including phenoxy) is 4. The molecule has 0 radical (unpaired) electrons. The van der Waals surface area contributed by atoms with E-state index in [0.29, 0.717) is 36.9 Å². The van der Waals surface area contributed by atoms with Gasteiger partial charge in [0, 0.05) is 18.3 Å². The van der Waals surface area contributed by atoms with E-state index in [2.05, 4.69) is 5.32 Å². The van der Waals surface area contributed by atoms with Gasteiger partial charge in [-0.15, -0.1) is 0 Å². The summed E-state index contributed by atoms with van der Waals surface area (Å²) < 4.78 is 21.8. The van der Waals surface area contributed by atoms with Crippen molar-refractivity contribution in [1.82, 2.24) is 4.90 Å². The Morgan fingerprint density at radius 1 is 1.00 bits per heavy atom. The molecule has 0 saturated carbocycles. The quantitative estimate of drug-likeness (QED) is 0.873. The molecule has 142 valence electrons. The molecule has 0 aliphatic carbocycles. The lowest BCUT2D eigenvalue weighted by atomic mass is 10.1. The Hall–Kier alpha value is -2.93. The highest BCUT2D eigenvalue weighted by molar-refractivity contribution is 5.94. The Kier molecular flexibility index (Phi) is 4.77. The van der Waals surface area contributed by atoms with Gasteiger partial charge in [-0.1, -0.05) is 6.07 Å². The van der Waals surface area contributed by atoms with E-state index in [-0.39, 0.29) is 18.7 Å². The average molecular weight is 370 g/mol. The molecule has 7 nitrogen and oxygen atoms in total. The van der Waals surface area contributed by atoms with Crippen molar-refractivity contribution >= 4 is 11.6 Å². The third-order valence-corrected chi connectivity index (χ3v) is 4.72. The van der Waals surface area contributed by atoms with Gasteiger partial charge >= 0.3 is 0 Å². The number of fused-ring (bicyclic) bond motifs is 2. The summed E-state index contributed by atoms with van der Waals surface area (Å²) in [4.78, 5) is 14.6. The fourth-order valence-corrected chi connectivity index (χ4v) is 3.03. The molecular formula is C20H22N2O5. The lowest BCUT2D eigenvalue weighted by molar-refractivity contribution is -0.120. The molecule has 0 spiro atoms. The molecule has 4 rings (SSSR count). The summed E-state index contributed by atoms with van der Waals surface area (Å²) in [6.07, 6.45) is 0. The van der Waals surface area contributed by atoms with Crippen LogP contribution in [0.1, 0.15) is 12.5 Å². The lowest BCUT2D eigenvalue weighted by Gasteiger charge is -2.24. The van der Waals surface area contributed by atoms with Crippen molar-refractivity contribution in [1.29, 1.82) is 0 Å². The van der Waals surface area contributed by atoms with E-state index in [1.165, 1.54) is 0 Å². The van der Waals surface area contributed by atoms with Crippen LogP contribution in [-0.4, -0.2) is 43.9 Å². The zero-order valence-electron chi connectivity index (χ0n) is 15.4. The number of benzene rings is 2. The van der Waals surface area contributed by atoms with E-state index in [1.54, 1.807) is 6.07 Å². The number of nitrogens with one attached hydrogen (secondary N) is 1. The Morgan fingerprint density at radius 3 is 2.52 bits per heavy atom. The van der Waals surface area contributed by atoms with E-state index in [4.69, 9.17) is 18.9 Å². The predicted molar refractivity (Wildman–Crippen MR) is 99.6 cm³/mol. The highest BCUT2D eigenvalue weighted by Gasteiger charge is 2.21. The minimum atomic E-state index is -0.316. The summed E-state index contributed by atoms with van der Waals surface area (Å²) >= 11 is 0. The normalized spacial score (nSPS) is 15.5. The topological polar surface area (TPSA) is 69.3 Å². The summed E-state index contributed by atoms with van der Waals surface area (Å²) in [6.45, 7) is 3.80. The fourth-order valence-electron chi connectivity index (χ4n) is 3.03. The second-order valence-electron chi connectivity index (χ2n) is 6.63. The average Bonchev–Trinajstić information content (AvgIpc) is 3.15. The van der Waals surface area contributed by atoms with Crippen molar-refractivity contribution in [3.05, 3.63) is 42.0 Å². The van der Waals surface area contributed by atoms with E-state index >= 15 is 0 Å². The van der Waals surface area contributed by atoms with Gasteiger partial charge < -0.3 is 24.3 Å². The van der Waals surface area contributed by atoms with Gasteiger partial charge in [-0.05, 0) is 43.8 Å². The first kappa shape index (κ1) is 17.5. The van der Waals surface area contributed by atoms with E-state index < -0.39 is 0 Å². The van der Waals surface area contributed by atoms with E-state index in [0.717, 1.165) is 17.1 Å². The van der Waals surface area contributed by atoms with Crippen molar-refractivity contribution in [3.8, 4) is 23.0 Å². The Balaban J connectivity index is 1.38. The Morgan fingerprint density at radius 2 is 1.67 bits per heavy atom. The van der Waals surface area contributed by atoms with Gasteiger partial charge in [0.1, 0.15) is 13.2 Å². The van der Waals surface area contributed by atoms with Crippen LogP contribution in [0.25, 0.3) is 0 Å². The van der Waals surface area contributed by atoms with Gasteiger partial charge in [-0.3, -0.25) is 9.69 Å². The zero-order chi connectivity index (χ0) is 18.8. The Labute approximate surface area is 157 Å². The molecular weight excluding hydrogens is 348 g/mol. The van der Waals surface area contributed by atoms with Crippen LogP contribution in [0.4, 0.5) is 5.69 Å². The monoisotopic (exact) mass is 370 g/mol. The molecule has 27 heavy (non-hydrogen) atoms. The first-order chi connectivity index (χ1) is 13.1. The van der Waals surface area contributed by atoms with Crippen LogP contribution in [0.3, 0.4) is 0 Å². The maximum absolute atomic E-state index is 12.6. The van der Waals surface area contributed by atoms with Gasteiger partial charge in [-0.2, -0.15) is 0 Å². The minimum Gasteiger partial charge on any atom is -0.486 e. The highest BCUT2D eigenvalue weighted by Crippen LogP contribution is 2.34. The number of carbonyl (C=O) groups is 1. The van der Waals surface area contributed by atoms with Crippen LogP contribution in [-0.2, 0) is 11.3 Å². The van der Waals surface area contributed by atoms with Crippen molar-refractivity contribution in [3.63, 3.8) is 0 Å². The molecule has 0 unspecified atom stereocenters. The molecule has 1 amide bonds. The molecule has 0 fully saturated rings. The third kappa shape index (κ3) is 3.78. The van der Waals surface area contributed by atoms with Crippen LogP contribution in [0.5, 0.6) is 23.0 Å². The first-order valence-electron chi connectivity index (χ1n) is 8.89. The number of amides is 1. The second-order valence-corrected chi connectivity index (χ2v) is 6.63. The summed E-state index contributed by atoms with van der Waals surface area (Å²) in [7, 11) is 1.92. The predicted octanol–water partition coefficient (Wildman–Crippen LogP) is 2.65. The minimum absolute atomic E-state index is 0.0880. The molecule has 0 saturated heterocycles. The zero-order valence-corrected chi connectivity index (χ0v) is 15.4. The van der Waals surface area contributed by atoms with Gasteiger partial charge in [-0.25, -0.2) is 0 Å². The summed E-state index contributed by atoms with van der Waals surface area (Å²) in [5.41, 5.74) is 1.74. The number of carbonyl (C=O) groups excluding carboxylic acids is 1. The van der Waals surface area contributed by atoms with Gasteiger partial charge in [0.25, 0.3) is 0 Å². The molecule has 2 heterocycles. The number of nitrogens with zero attached hydrogens (tertiary/aromatic N) is 1. The molecule has 1 atom stereocenters. The van der Waals surface area contributed by atoms with E-state index in [9.17, 15) is 4.79 Å². The summed E-state index contributed by atoms with van der Waals surface area (Å²) in [6, 6.07) is 10.9. The number of hydrogen-bond donors (Lipinski definition) is 1. The maximum Gasteiger partial charge on any atom is 0.241 e. The molecule has 2 aliphatic heterocycles. The van der Waals surface area contributed by atoms with Crippen molar-refractivity contribution in [2.45, 2.75) is 19.5 Å². The Bertz CT molecular complexity index is 854. The smallest absolute Gasteiger partial charge is 0.241 e. The fraction of sp³-hybridized carbons (Fsp3) is 0.350. The van der Waals surface area contributed by atoms with Gasteiger partial charge in [0.05, 0.1) is 6.04 Å². The van der Waals surface area contributed by atoms with Crippen LogP contribution in [0.15, 0.2) is 36.4 Å². The number of likely N-dealkylation sites (N-methyl/N-ethyl adjacent to an activating group) is 1. The second kappa shape index (κ2) is 7.36. The molecule has 7 heteroatoms. The van der Waals surface area contributed by atoms with Crippen LogP contribution < -0.4 is 24.3 Å². The summed E-state index contributed by atoms with van der Waals surface area (Å²) in [5, 5.41) is 2.94. The molecule has 0 bridgehead atoms. The molecule has 2 aromatic rings. The molecule has 2 aromatic carbocycles. The molecule has 2 aliphatic rings. The van der Waals surface area contributed by atoms with Crippen molar-refractivity contribution in [2.75, 3.05) is 32.4 Å². The van der Waals surface area contributed by atoms with Crippen molar-refractivity contribution in [2.24, 2.45) is 0 Å². The van der Waals surface area contributed by atoms with E-state index in [1.807, 2.05) is 49.2 Å². The largest absolute Gasteiger partial charge is 0.486 e. The number of hydrogen-bond acceptors (Lipinski definition) is 6. The maximum atomic E-state index is 12.6. The standard InChI is InChI=1S/C20H22N2O5/c1-13(22(2)11-14-3-5-17-18(9-14)27-12-26-17)20(23)21-15-4-6-16-19(10-15)25-8-7-24-16/h3-6,9-10,13H,7-8,11-12H2,1-2H3,(H,21,23)/t13-/m0/s1. The van der Waals surface area contributed by atoms with Crippen LogP contribution >= 0.6 is 0 Å². The first-order valence-corrected chi connectivity index (χ1v) is 8.89. The van der Waals surface area contributed by atoms with Gasteiger partial charge in [0.15, 0.2) is 23.0 Å². The third-order valence-electron chi connectivity index (χ3n) is 4.72. The lowest BCUT2D eigenvalue weighted by Crippen LogP contribution is -2.39. The molecule has 1 N–H and O–H groups in total. The molecule has 0 aromatic heterocycles. The van der Waals surface area contributed by atoms with Crippen molar-refractivity contribution < 1.29 is 23.7 Å². The van der Waals surface area contributed by atoms with Crippen LogP contribution in [0, 0.1) is 0 Å². The van der Waals surface area contributed by atoms with Gasteiger partial charge in [0.2, 0.25) is 12.7 Å². The number of anilines is 1. The highest BCUT2D eigenvalue weighted by atomic mass is 16.7. The number of rotatable bonds is 5.